The van der Waals surface area contributed by atoms with E-state index in [1.165, 1.54) is 0 Å². The average Bonchev–Trinajstić information content (AvgIpc) is 2.35. The summed E-state index contributed by atoms with van der Waals surface area (Å²) in [7, 11) is 0. The van der Waals surface area contributed by atoms with Gasteiger partial charge in [-0.25, -0.2) is 0 Å². The number of hydrogen-bond donors (Lipinski definition) is 1. The number of nitrogens with zero attached hydrogens (tertiary/aromatic N) is 2. The summed E-state index contributed by atoms with van der Waals surface area (Å²) in [4.78, 5) is 14.0. The van der Waals surface area contributed by atoms with Crippen LogP contribution in [-0.4, -0.2) is 52.0 Å². The van der Waals surface area contributed by atoms with Crippen LogP contribution in [0.1, 0.15) is 13.8 Å². The fourth-order valence-electron chi connectivity index (χ4n) is 0.935. The molecular formula is C11H22N3O4+. The lowest BCUT2D eigenvalue weighted by Gasteiger charge is -2.06. The van der Waals surface area contributed by atoms with Crippen LogP contribution in [0.2, 0.25) is 0 Å². The lowest BCUT2D eigenvalue weighted by Crippen LogP contribution is -2.17. The molecule has 0 bridgehead atoms. The van der Waals surface area contributed by atoms with Gasteiger partial charge in [0.05, 0.1) is 33.0 Å². The molecule has 0 aromatic rings. The van der Waals surface area contributed by atoms with E-state index in [4.69, 9.17) is 19.7 Å². The lowest BCUT2D eigenvalue weighted by molar-refractivity contribution is -0.127. The van der Waals surface area contributed by atoms with E-state index < -0.39 is 0 Å². The molecule has 0 saturated carbocycles. The molecule has 1 N–H and O–H groups in total. The molecule has 0 unspecified atom stereocenters. The number of ether oxygens (including phenoxy) is 3. The molecule has 7 heteroatoms. The summed E-state index contributed by atoms with van der Waals surface area (Å²) < 4.78 is 15.5. The first kappa shape index (κ1) is 16.9. The zero-order valence-electron chi connectivity index (χ0n) is 11.1. The van der Waals surface area contributed by atoms with Gasteiger partial charge in [-0.3, -0.25) is 4.79 Å². The summed E-state index contributed by atoms with van der Waals surface area (Å²) in [5.74, 6) is 0.113. The largest absolute Gasteiger partial charge is 0.377 e. The van der Waals surface area contributed by atoms with E-state index in [1.54, 1.807) is 0 Å². The predicted molar refractivity (Wildman–Crippen MR) is 64.5 cm³/mol. The molecule has 104 valence electrons. The van der Waals surface area contributed by atoms with Crippen molar-refractivity contribution in [2.75, 3.05) is 46.2 Å². The van der Waals surface area contributed by atoms with Crippen LogP contribution < -0.4 is 4.91 Å². The molecule has 0 saturated heterocycles. The summed E-state index contributed by atoms with van der Waals surface area (Å²) in [5.41, 5.74) is 6.41. The van der Waals surface area contributed by atoms with E-state index in [-0.39, 0.29) is 18.3 Å². The second-order valence-corrected chi connectivity index (χ2v) is 3.86. The first-order chi connectivity index (χ1) is 8.68. The minimum atomic E-state index is 0.0141. The van der Waals surface area contributed by atoms with Crippen LogP contribution >= 0.6 is 0 Å². The molecule has 0 aliphatic heterocycles. The Hall–Kier alpha value is -1.14. The topological polar surface area (TPSA) is 95.1 Å². The number of carbonyl (C=O) groups excluding carboxylic acids is 1. The fourth-order valence-corrected chi connectivity index (χ4v) is 0.935. The van der Waals surface area contributed by atoms with Crippen molar-refractivity contribution < 1.29 is 19.0 Å². The molecule has 0 aromatic carbocycles. The number of hydrogen-bond acceptors (Lipinski definition) is 6. The van der Waals surface area contributed by atoms with Gasteiger partial charge in [-0.15, -0.1) is 0 Å². The normalized spacial score (nSPS) is 10.4. The molecule has 0 aliphatic carbocycles. The van der Waals surface area contributed by atoms with Gasteiger partial charge in [-0.1, -0.05) is 13.8 Å². The molecule has 7 nitrogen and oxygen atoms in total. The van der Waals surface area contributed by atoms with E-state index in [0.717, 1.165) is 0 Å². The summed E-state index contributed by atoms with van der Waals surface area (Å²) in [6.45, 7) is 6.47. The van der Waals surface area contributed by atoms with Gasteiger partial charge in [0.25, 0.3) is 0 Å². The van der Waals surface area contributed by atoms with Crippen LogP contribution in [0, 0.1) is 11.4 Å². The van der Waals surface area contributed by atoms with Crippen molar-refractivity contribution in [3.8, 4) is 0 Å². The highest BCUT2D eigenvalue weighted by Crippen LogP contribution is 1.94. The van der Waals surface area contributed by atoms with Gasteiger partial charge in [-0.05, 0) is 0 Å². The number of ketones is 1. The third kappa shape index (κ3) is 11.3. The maximum atomic E-state index is 11.2. The quantitative estimate of drug-likeness (QED) is 0.319. The zero-order valence-corrected chi connectivity index (χ0v) is 11.1. The SMILES string of the molecule is CC(C)C(=O)COCCOCCOCCN=[N+]=N. The predicted octanol–water partition coefficient (Wildman–Crippen LogP) is 0.812. The smallest absolute Gasteiger partial charge is 0.214 e. The first-order valence-electron chi connectivity index (χ1n) is 5.97. The van der Waals surface area contributed by atoms with E-state index in [9.17, 15) is 4.79 Å². The van der Waals surface area contributed by atoms with Crippen molar-refractivity contribution in [3.63, 3.8) is 0 Å². The summed E-state index contributed by atoms with van der Waals surface area (Å²) in [6, 6.07) is 0. The maximum absolute atomic E-state index is 11.2. The maximum Gasteiger partial charge on any atom is 0.214 e. The Morgan fingerprint density at radius 1 is 1.11 bits per heavy atom. The number of rotatable bonds is 12. The zero-order chi connectivity index (χ0) is 13.6. The molecule has 0 radical (unpaired) electrons. The van der Waals surface area contributed by atoms with Crippen molar-refractivity contribution in [2.45, 2.75) is 13.8 Å². The van der Waals surface area contributed by atoms with E-state index in [0.29, 0.717) is 39.6 Å². The van der Waals surface area contributed by atoms with Crippen molar-refractivity contribution >= 4 is 5.78 Å². The Morgan fingerprint density at radius 2 is 1.67 bits per heavy atom. The second-order valence-electron chi connectivity index (χ2n) is 3.86. The highest BCUT2D eigenvalue weighted by molar-refractivity contribution is 5.81. The minimum Gasteiger partial charge on any atom is -0.377 e. The van der Waals surface area contributed by atoms with Gasteiger partial charge in [0.2, 0.25) is 4.91 Å². The van der Waals surface area contributed by atoms with E-state index in [2.05, 4.69) is 10.0 Å². The van der Waals surface area contributed by atoms with Crippen molar-refractivity contribution in [1.29, 1.82) is 5.53 Å². The molecule has 0 fully saturated rings. The number of carbonyl (C=O) groups is 1. The van der Waals surface area contributed by atoms with Crippen LogP contribution in [-0.2, 0) is 19.0 Å². The molecule has 0 heterocycles. The number of nitrogens with one attached hydrogen (secondary N) is 1. The Balaban J connectivity index is 3.12. The fraction of sp³-hybridized carbons (Fsp3) is 0.909. The van der Waals surface area contributed by atoms with E-state index >= 15 is 0 Å². The van der Waals surface area contributed by atoms with Crippen LogP contribution in [0.4, 0.5) is 0 Å². The molecule has 18 heavy (non-hydrogen) atoms. The van der Waals surface area contributed by atoms with Gasteiger partial charge in [0, 0.05) is 5.92 Å². The standard InChI is InChI=1S/C11H22N3O4/c1-10(2)11(15)9-18-8-7-17-6-5-16-4-3-13-14-12/h10,12H,3-9H2,1-2H3/q+1. The Morgan fingerprint density at radius 3 is 2.22 bits per heavy atom. The average molecular weight is 260 g/mol. The van der Waals surface area contributed by atoms with Crippen LogP contribution in [0.15, 0.2) is 5.11 Å². The van der Waals surface area contributed by atoms with Crippen molar-refractivity contribution in [3.05, 3.63) is 0 Å². The molecule has 0 aliphatic rings. The molecular weight excluding hydrogens is 238 g/mol. The molecule has 0 atom stereocenters. The van der Waals surface area contributed by atoms with Crippen LogP contribution in [0.25, 0.3) is 0 Å². The van der Waals surface area contributed by atoms with Crippen LogP contribution in [0.5, 0.6) is 0 Å². The molecule has 0 amide bonds. The van der Waals surface area contributed by atoms with Gasteiger partial charge >= 0.3 is 0 Å². The van der Waals surface area contributed by atoms with Crippen molar-refractivity contribution in [2.24, 2.45) is 11.0 Å². The lowest BCUT2D eigenvalue weighted by atomic mass is 10.1. The molecule has 0 aromatic heterocycles. The highest BCUT2D eigenvalue weighted by atomic mass is 16.5. The third-order valence-corrected chi connectivity index (χ3v) is 2.04. The van der Waals surface area contributed by atoms with E-state index in [1.807, 2.05) is 13.8 Å². The highest BCUT2D eigenvalue weighted by Gasteiger charge is 2.06. The van der Waals surface area contributed by atoms with Gasteiger partial charge in [0.1, 0.15) is 23.8 Å². The summed E-state index contributed by atoms with van der Waals surface area (Å²) in [5, 5.41) is 3.43. The molecule has 0 rings (SSSR count). The Bertz CT molecular complexity index is 265. The van der Waals surface area contributed by atoms with Gasteiger partial charge < -0.3 is 14.2 Å². The van der Waals surface area contributed by atoms with Crippen LogP contribution in [0.3, 0.4) is 0 Å². The summed E-state index contributed by atoms with van der Waals surface area (Å²) >= 11 is 0. The van der Waals surface area contributed by atoms with Gasteiger partial charge in [0.15, 0.2) is 5.78 Å². The number of Topliss-reactive ketones (excluding diaryl/α,β-unsaturated/α-hetero) is 1. The Kier molecular flexibility index (Phi) is 11.5. The molecule has 0 spiro atoms. The third-order valence-electron chi connectivity index (χ3n) is 2.04. The second kappa shape index (κ2) is 12.3. The summed E-state index contributed by atoms with van der Waals surface area (Å²) in [6.07, 6.45) is 0. The minimum absolute atomic E-state index is 0.0141. The Labute approximate surface area is 107 Å². The monoisotopic (exact) mass is 260 g/mol. The first-order valence-corrected chi connectivity index (χ1v) is 5.97. The van der Waals surface area contributed by atoms with Crippen molar-refractivity contribution in [1.82, 2.24) is 4.91 Å². The van der Waals surface area contributed by atoms with Gasteiger partial charge in [-0.2, -0.15) is 0 Å².